The van der Waals surface area contributed by atoms with Crippen molar-refractivity contribution < 1.29 is 26.5 Å². The Balaban J connectivity index is 0. The molecule has 14 heavy (non-hydrogen) atoms. The molecule has 0 heterocycles. The molecule has 0 radical (unpaired) electrons. The van der Waals surface area contributed by atoms with Gasteiger partial charge in [-0.1, -0.05) is 6.58 Å². The molecular weight excluding hydrogens is 204 g/mol. The first-order chi connectivity index (χ1) is 5.83. The minimum atomic E-state index is -0.401. The van der Waals surface area contributed by atoms with Crippen LogP contribution in [0.1, 0.15) is 6.92 Å². The van der Waals surface area contributed by atoms with Gasteiger partial charge < -0.3 is 21.7 Å². The Bertz CT molecular complexity index is 199. The third-order valence-electron chi connectivity index (χ3n) is 1.40. The lowest BCUT2D eigenvalue weighted by Crippen LogP contribution is -3.00. The van der Waals surface area contributed by atoms with Crippen LogP contribution in [-0.2, 0) is 9.63 Å². The first-order valence-electron chi connectivity index (χ1n) is 4.23. The van der Waals surface area contributed by atoms with E-state index in [2.05, 4.69) is 33.2 Å². The van der Waals surface area contributed by atoms with Gasteiger partial charge in [0, 0.05) is 5.57 Å². The molecule has 84 valence electrons. The molecule has 0 bridgehead atoms. The molecule has 0 unspecified atom stereocenters. The maximum absolute atomic E-state index is 10.9. The Morgan fingerprint density at radius 1 is 1.43 bits per heavy atom. The molecule has 4 nitrogen and oxygen atoms in total. The Labute approximate surface area is 91.9 Å². The van der Waals surface area contributed by atoms with Crippen molar-refractivity contribution >= 4 is 5.97 Å². The smallest absolute Gasteiger partial charge is 0.351 e. The van der Waals surface area contributed by atoms with Crippen molar-refractivity contribution in [3.63, 3.8) is 0 Å². The fraction of sp³-hybridized carbons (Fsp3) is 0.667. The van der Waals surface area contributed by atoms with Gasteiger partial charge in [0.25, 0.3) is 0 Å². The van der Waals surface area contributed by atoms with Gasteiger partial charge in [0.05, 0.1) is 34.2 Å². The number of likely N-dealkylation sites (N-methyl/N-ethyl adjacent to an activating group) is 1. The maximum Gasteiger partial charge on any atom is 0.351 e. The van der Waals surface area contributed by atoms with E-state index >= 15 is 0 Å². The van der Waals surface area contributed by atoms with Crippen LogP contribution >= 0.6 is 0 Å². The zero-order valence-electron chi connectivity index (χ0n) is 9.26. The van der Waals surface area contributed by atoms with Crippen LogP contribution in [0.25, 0.3) is 0 Å². The largest absolute Gasteiger partial charge is 1.00 e. The summed E-state index contributed by atoms with van der Waals surface area (Å²) in [7, 11) is 6.22. The highest BCUT2D eigenvalue weighted by Crippen LogP contribution is 1.90. The molecule has 0 aliphatic carbocycles. The molecule has 5 heteroatoms. The molecule has 0 rings (SSSR count). The molecule has 0 spiro atoms. The topological polar surface area (TPSA) is 38.3 Å². The number of halogens is 1. The first-order valence-corrected chi connectivity index (χ1v) is 4.23. The van der Waals surface area contributed by atoms with E-state index in [4.69, 9.17) is 4.84 Å². The van der Waals surface area contributed by atoms with Crippen molar-refractivity contribution in [2.75, 3.05) is 34.2 Å². The summed E-state index contributed by atoms with van der Waals surface area (Å²) in [6, 6.07) is 0. The number of hydrogen-bond donors (Lipinski definition) is 1. The minimum absolute atomic E-state index is 0. The lowest BCUT2D eigenvalue weighted by Gasteiger charge is -2.23. The number of carbonyl (C=O) groups is 1. The molecule has 0 fully saturated rings. The molecule has 0 amide bonds. The molecule has 0 aromatic carbocycles. The summed E-state index contributed by atoms with van der Waals surface area (Å²) in [6.07, 6.45) is 0. The average Bonchev–Trinajstić information content (AvgIpc) is 1.95. The summed E-state index contributed by atoms with van der Waals surface area (Å²) >= 11 is 0. The van der Waals surface area contributed by atoms with E-state index < -0.39 is 5.97 Å². The van der Waals surface area contributed by atoms with Gasteiger partial charge in [-0.05, 0) is 6.92 Å². The number of quaternary nitrogens is 1. The number of rotatable bonds is 5. The van der Waals surface area contributed by atoms with Gasteiger partial charge in [-0.2, -0.15) is 0 Å². The fourth-order valence-electron chi connectivity index (χ4n) is 0.585. The predicted molar refractivity (Wildman–Crippen MR) is 51.8 cm³/mol. The van der Waals surface area contributed by atoms with Gasteiger partial charge in [-0.15, -0.1) is 5.48 Å². The average molecular weight is 223 g/mol. The Kier molecular flexibility index (Phi) is 7.72. The molecule has 0 aliphatic rings. The van der Waals surface area contributed by atoms with Crippen LogP contribution in [0.3, 0.4) is 0 Å². The molecular formula is C9H19ClN2O2. The quantitative estimate of drug-likeness (QED) is 0.239. The van der Waals surface area contributed by atoms with Crippen LogP contribution in [-0.4, -0.2) is 44.7 Å². The van der Waals surface area contributed by atoms with Crippen LogP contribution in [0.5, 0.6) is 0 Å². The van der Waals surface area contributed by atoms with Gasteiger partial charge in [0.1, 0.15) is 0 Å². The Hall–Kier alpha value is -0.580. The zero-order chi connectivity index (χ0) is 10.5. The Morgan fingerprint density at radius 2 is 1.93 bits per heavy atom. The van der Waals surface area contributed by atoms with Crippen molar-refractivity contribution in [1.29, 1.82) is 0 Å². The summed E-state index contributed by atoms with van der Waals surface area (Å²) in [6.45, 7) is 6.61. The molecule has 0 aromatic heterocycles. The number of nitrogens with zero attached hydrogens (tertiary/aromatic N) is 1. The zero-order valence-corrected chi connectivity index (χ0v) is 10.0. The van der Waals surface area contributed by atoms with Crippen molar-refractivity contribution in [3.8, 4) is 0 Å². The lowest BCUT2D eigenvalue weighted by molar-refractivity contribution is -0.869. The minimum Gasteiger partial charge on any atom is -1.00 e. The first kappa shape index (κ1) is 15.9. The monoisotopic (exact) mass is 222 g/mol. The lowest BCUT2D eigenvalue weighted by atomic mass is 10.4. The number of hydroxylamine groups is 1. The summed E-state index contributed by atoms with van der Waals surface area (Å²) in [5, 5.41) is 0. The van der Waals surface area contributed by atoms with E-state index in [0.29, 0.717) is 12.1 Å². The van der Waals surface area contributed by atoms with Gasteiger partial charge >= 0.3 is 5.97 Å². The number of hydrogen-bond acceptors (Lipinski definition) is 3. The van der Waals surface area contributed by atoms with Crippen LogP contribution in [0.15, 0.2) is 12.2 Å². The number of carbonyl (C=O) groups excluding carboxylic acids is 1. The van der Waals surface area contributed by atoms with E-state index in [9.17, 15) is 4.79 Å². The van der Waals surface area contributed by atoms with E-state index in [1.165, 1.54) is 0 Å². The molecule has 1 N–H and O–H groups in total. The second-order valence-electron chi connectivity index (χ2n) is 4.08. The van der Waals surface area contributed by atoms with Crippen LogP contribution in [0.2, 0.25) is 0 Å². The third kappa shape index (κ3) is 9.51. The van der Waals surface area contributed by atoms with Crippen LogP contribution in [0, 0.1) is 0 Å². The molecule has 0 aromatic rings. The standard InChI is InChI=1S/C9H19N2O2.ClH/c1-8(2)9(12)13-10-6-7-11(3,4)5;/h10H,1,6-7H2,2-5H3;1H/q+1;/p-1. The van der Waals surface area contributed by atoms with Crippen molar-refractivity contribution in [2.24, 2.45) is 0 Å². The molecule has 0 atom stereocenters. The van der Waals surface area contributed by atoms with Gasteiger partial charge in [-0.25, -0.2) is 4.79 Å². The van der Waals surface area contributed by atoms with E-state index in [1.54, 1.807) is 6.92 Å². The van der Waals surface area contributed by atoms with Crippen LogP contribution in [0.4, 0.5) is 0 Å². The fourth-order valence-corrected chi connectivity index (χ4v) is 0.585. The van der Waals surface area contributed by atoms with Gasteiger partial charge in [0.2, 0.25) is 0 Å². The predicted octanol–water partition coefficient (Wildman–Crippen LogP) is -2.68. The second kappa shape index (κ2) is 6.81. The van der Waals surface area contributed by atoms with E-state index in [0.717, 1.165) is 11.0 Å². The van der Waals surface area contributed by atoms with Gasteiger partial charge in [-0.3, -0.25) is 0 Å². The third-order valence-corrected chi connectivity index (χ3v) is 1.40. The SMILES string of the molecule is C=C(C)C(=O)ONCC[N+](C)(C)C.[Cl-]. The summed E-state index contributed by atoms with van der Waals surface area (Å²) in [4.78, 5) is 15.6. The van der Waals surface area contributed by atoms with Crippen molar-refractivity contribution in [2.45, 2.75) is 6.92 Å². The van der Waals surface area contributed by atoms with Crippen molar-refractivity contribution in [1.82, 2.24) is 5.48 Å². The van der Waals surface area contributed by atoms with Crippen molar-refractivity contribution in [3.05, 3.63) is 12.2 Å². The molecule has 0 saturated carbocycles. The van der Waals surface area contributed by atoms with Crippen LogP contribution < -0.4 is 17.9 Å². The molecule has 0 saturated heterocycles. The second-order valence-corrected chi connectivity index (χ2v) is 4.08. The van der Waals surface area contributed by atoms with E-state index in [-0.39, 0.29) is 12.4 Å². The highest BCUT2D eigenvalue weighted by atomic mass is 35.5. The summed E-state index contributed by atoms with van der Waals surface area (Å²) in [5.74, 6) is -0.401. The maximum atomic E-state index is 10.9. The van der Waals surface area contributed by atoms with E-state index in [1.807, 2.05) is 0 Å². The van der Waals surface area contributed by atoms with Gasteiger partial charge in [0.15, 0.2) is 0 Å². The molecule has 0 aliphatic heterocycles. The summed E-state index contributed by atoms with van der Waals surface area (Å²) in [5.41, 5.74) is 3.00. The number of nitrogens with one attached hydrogen (secondary N) is 1. The summed E-state index contributed by atoms with van der Waals surface area (Å²) < 4.78 is 0.831. The highest BCUT2D eigenvalue weighted by Gasteiger charge is 2.07. The highest BCUT2D eigenvalue weighted by molar-refractivity contribution is 5.86. The normalized spacial score (nSPS) is 10.3. The Morgan fingerprint density at radius 3 is 2.29 bits per heavy atom.